The summed E-state index contributed by atoms with van der Waals surface area (Å²) in [5, 5.41) is 12.5. The van der Waals surface area contributed by atoms with Gasteiger partial charge in [-0.05, 0) is 31.3 Å². The molecule has 2 aliphatic carbocycles. The van der Waals surface area contributed by atoms with Gasteiger partial charge in [-0.1, -0.05) is 57.6 Å². The summed E-state index contributed by atoms with van der Waals surface area (Å²) in [5.74, 6) is -0.589. The van der Waals surface area contributed by atoms with Crippen molar-refractivity contribution in [2.24, 2.45) is 16.7 Å². The van der Waals surface area contributed by atoms with E-state index >= 15 is 0 Å². The molecule has 2 aliphatic heterocycles. The molecular weight excluding hydrogens is 436 g/mol. The smallest absolute Gasteiger partial charge is 0.331 e. The number of hydrogen-bond acceptors (Lipinski definition) is 7. The third-order valence-corrected chi connectivity index (χ3v) is 7.88. The maximum absolute atomic E-state index is 12.8. The van der Waals surface area contributed by atoms with E-state index in [1.165, 1.54) is 6.08 Å². The summed E-state index contributed by atoms with van der Waals surface area (Å²) in [6.45, 7) is 10.1. The maximum atomic E-state index is 12.8. The first-order valence-corrected chi connectivity index (χ1v) is 12.3. The Bertz CT molecular complexity index is 860. The second-order valence-electron chi connectivity index (χ2n) is 10.4. The van der Waals surface area contributed by atoms with E-state index in [0.717, 1.165) is 19.3 Å². The lowest BCUT2D eigenvalue weighted by Gasteiger charge is -2.62. The molecule has 4 atom stereocenters. The van der Waals surface area contributed by atoms with Crippen molar-refractivity contribution >= 4 is 5.97 Å². The second-order valence-corrected chi connectivity index (χ2v) is 10.4. The Balaban J connectivity index is 1.75. The molecular formula is C27H38O7. The predicted molar refractivity (Wildman–Crippen MR) is 127 cm³/mol. The van der Waals surface area contributed by atoms with Crippen LogP contribution in [0.5, 0.6) is 0 Å². The Morgan fingerprint density at radius 3 is 2.32 bits per heavy atom. The maximum Gasteiger partial charge on any atom is 0.331 e. The molecule has 0 amide bonds. The largest absolute Gasteiger partial charge is 0.455 e. The number of carbonyl (C=O) groups is 1. The lowest BCUT2D eigenvalue weighted by Crippen LogP contribution is -2.69. The molecule has 0 aromatic carbocycles. The zero-order chi connectivity index (χ0) is 24.4. The summed E-state index contributed by atoms with van der Waals surface area (Å²) in [4.78, 5) is 12.8. The van der Waals surface area contributed by atoms with Crippen molar-refractivity contribution in [2.75, 3.05) is 26.4 Å². The number of fused-ring (bicyclic) bond motifs is 1. The quantitative estimate of drug-likeness (QED) is 0.271. The molecule has 4 rings (SSSR count). The van der Waals surface area contributed by atoms with E-state index in [0.29, 0.717) is 32.0 Å². The summed E-state index contributed by atoms with van der Waals surface area (Å²) in [6.07, 6.45) is 12.9. The topological polar surface area (TPSA) is 83.5 Å². The van der Waals surface area contributed by atoms with Crippen LogP contribution in [0.3, 0.4) is 0 Å². The van der Waals surface area contributed by atoms with Crippen molar-refractivity contribution in [1.82, 2.24) is 0 Å². The summed E-state index contributed by atoms with van der Waals surface area (Å²) < 4.78 is 29.6. The molecule has 1 N–H and O–H groups in total. The zero-order valence-corrected chi connectivity index (χ0v) is 20.7. The van der Waals surface area contributed by atoms with Gasteiger partial charge in [0.1, 0.15) is 11.7 Å². The molecule has 3 fully saturated rings. The molecule has 1 saturated carbocycles. The molecule has 0 unspecified atom stereocenters. The second kappa shape index (κ2) is 10.1. The molecule has 4 aliphatic rings. The predicted octanol–water partition coefficient (Wildman–Crippen LogP) is 3.84. The summed E-state index contributed by atoms with van der Waals surface area (Å²) in [5.41, 5.74) is -1.83. The van der Waals surface area contributed by atoms with Crippen LogP contribution in [0.2, 0.25) is 0 Å². The lowest BCUT2D eigenvalue weighted by molar-refractivity contribution is -0.268. The van der Waals surface area contributed by atoms with Gasteiger partial charge in [0.2, 0.25) is 0 Å². The fourth-order valence-electron chi connectivity index (χ4n) is 6.50. The van der Waals surface area contributed by atoms with E-state index in [1.54, 1.807) is 12.2 Å². The molecule has 2 saturated heterocycles. The Morgan fingerprint density at radius 2 is 1.65 bits per heavy atom. The van der Waals surface area contributed by atoms with Crippen molar-refractivity contribution in [3.63, 3.8) is 0 Å². The van der Waals surface area contributed by atoms with Crippen molar-refractivity contribution < 1.29 is 33.6 Å². The number of hydrogen-bond donors (Lipinski definition) is 1. The summed E-state index contributed by atoms with van der Waals surface area (Å²) in [6, 6.07) is 0. The van der Waals surface area contributed by atoms with E-state index in [-0.39, 0.29) is 11.3 Å². The number of esters is 1. The number of rotatable bonds is 6. The van der Waals surface area contributed by atoms with Gasteiger partial charge in [-0.15, -0.1) is 0 Å². The molecule has 0 aromatic rings. The first kappa shape index (κ1) is 25.3. The first-order chi connectivity index (χ1) is 16.2. The van der Waals surface area contributed by atoms with Crippen molar-refractivity contribution in [1.29, 1.82) is 0 Å². The number of aliphatic hydroxyl groups is 1. The molecule has 0 aromatic heterocycles. The van der Waals surface area contributed by atoms with Crippen LogP contribution in [-0.4, -0.2) is 61.8 Å². The van der Waals surface area contributed by atoms with Crippen LogP contribution in [0.1, 0.15) is 47.0 Å². The Morgan fingerprint density at radius 1 is 1.00 bits per heavy atom. The Kier molecular flexibility index (Phi) is 7.50. The average molecular weight is 475 g/mol. The number of ether oxygens (including phenoxy) is 5. The molecule has 0 spiro atoms. The average Bonchev–Trinajstić information content (AvgIpc) is 3.50. The highest BCUT2D eigenvalue weighted by Gasteiger charge is 2.68. The van der Waals surface area contributed by atoms with Gasteiger partial charge < -0.3 is 28.8 Å². The molecule has 0 bridgehead atoms. The molecule has 7 nitrogen and oxygen atoms in total. The lowest BCUT2D eigenvalue weighted by atomic mass is 9.46. The van der Waals surface area contributed by atoms with Gasteiger partial charge in [0.15, 0.2) is 12.6 Å². The normalized spacial score (nSPS) is 37.0. The first-order valence-electron chi connectivity index (χ1n) is 12.3. The van der Waals surface area contributed by atoms with Crippen LogP contribution in [0.15, 0.2) is 48.1 Å². The van der Waals surface area contributed by atoms with Gasteiger partial charge in [-0.25, -0.2) is 4.79 Å². The molecule has 34 heavy (non-hydrogen) atoms. The van der Waals surface area contributed by atoms with Gasteiger partial charge in [0, 0.05) is 23.0 Å². The van der Waals surface area contributed by atoms with E-state index < -0.39 is 35.7 Å². The zero-order valence-electron chi connectivity index (χ0n) is 20.7. The minimum atomic E-state index is -1.48. The summed E-state index contributed by atoms with van der Waals surface area (Å²) >= 11 is 0. The molecule has 188 valence electrons. The highest BCUT2D eigenvalue weighted by Crippen LogP contribution is 2.63. The van der Waals surface area contributed by atoms with Crippen LogP contribution < -0.4 is 0 Å². The number of carbonyl (C=O) groups excluding carboxylic acids is 1. The van der Waals surface area contributed by atoms with Crippen LogP contribution in [-0.2, 0) is 28.5 Å². The fourth-order valence-corrected chi connectivity index (χ4v) is 6.50. The van der Waals surface area contributed by atoms with Gasteiger partial charge in [-0.2, -0.15) is 0 Å². The van der Waals surface area contributed by atoms with Crippen molar-refractivity contribution in [2.45, 2.75) is 71.2 Å². The Hall–Kier alpha value is -1.77. The van der Waals surface area contributed by atoms with Gasteiger partial charge in [-0.3, -0.25) is 0 Å². The van der Waals surface area contributed by atoms with Gasteiger partial charge in [0.25, 0.3) is 0 Å². The van der Waals surface area contributed by atoms with Crippen LogP contribution in [0.4, 0.5) is 0 Å². The van der Waals surface area contributed by atoms with E-state index in [1.807, 2.05) is 31.2 Å². The fraction of sp³-hybridized carbons (Fsp3) is 0.667. The standard InChI is InChI=1S/C27H38O7/c1-5-6-7-8-9-11-21(28)34-20-18-19(23-30-14-15-31-23)27(29,24-32-16-17-33-24)26(4)13-10-12-25(2,3)22(20)26/h5-9,11,18,20,22-24,29H,10,12-17H2,1-4H3/b6-5+,8-7+,11-9+/t20-,22+,26+,27+/m1/s1. The SMILES string of the molecule is C/C=C/C=C/C=C/C(=O)O[C@@H]1C=C(C2OCCO2)[C@](O)(C2OCCO2)[C@@]2(C)CCCC(C)(C)[C@H]12. The number of allylic oxidation sites excluding steroid dienone is 5. The summed E-state index contributed by atoms with van der Waals surface area (Å²) in [7, 11) is 0. The van der Waals surface area contributed by atoms with Crippen molar-refractivity contribution in [3.8, 4) is 0 Å². The van der Waals surface area contributed by atoms with E-state index in [4.69, 9.17) is 23.7 Å². The van der Waals surface area contributed by atoms with Crippen LogP contribution in [0.25, 0.3) is 0 Å². The molecule has 7 heteroatoms. The van der Waals surface area contributed by atoms with Gasteiger partial charge >= 0.3 is 5.97 Å². The minimum Gasteiger partial charge on any atom is -0.455 e. The Labute approximate surface area is 202 Å². The third-order valence-electron chi connectivity index (χ3n) is 7.88. The highest BCUT2D eigenvalue weighted by atomic mass is 16.7. The van der Waals surface area contributed by atoms with E-state index in [9.17, 15) is 9.90 Å². The highest BCUT2D eigenvalue weighted by molar-refractivity contribution is 5.82. The van der Waals surface area contributed by atoms with E-state index in [2.05, 4.69) is 20.8 Å². The van der Waals surface area contributed by atoms with Crippen LogP contribution >= 0.6 is 0 Å². The van der Waals surface area contributed by atoms with Crippen molar-refractivity contribution in [3.05, 3.63) is 48.1 Å². The van der Waals surface area contributed by atoms with Crippen LogP contribution in [0, 0.1) is 16.7 Å². The third kappa shape index (κ3) is 4.44. The molecule has 2 heterocycles. The monoisotopic (exact) mass is 474 g/mol. The minimum absolute atomic E-state index is 0.160. The van der Waals surface area contributed by atoms with Gasteiger partial charge in [0.05, 0.1) is 26.4 Å². The molecule has 0 radical (unpaired) electrons.